The molecular formula is C14H19NO. The van der Waals surface area contributed by atoms with Crippen LogP contribution in [0.1, 0.15) is 5.56 Å². The summed E-state index contributed by atoms with van der Waals surface area (Å²) in [6.07, 6.45) is 0. The van der Waals surface area contributed by atoms with Crippen molar-refractivity contribution in [2.75, 3.05) is 0 Å². The van der Waals surface area contributed by atoms with E-state index in [2.05, 4.69) is 19.1 Å². The highest BCUT2D eigenvalue weighted by atomic mass is 16.1. The van der Waals surface area contributed by atoms with Gasteiger partial charge in [0.1, 0.15) is 6.79 Å². The molecule has 0 saturated heterocycles. The number of carbonyl (C=O) groups excluding carboxylic acids is 1. The van der Waals surface area contributed by atoms with Crippen molar-refractivity contribution in [1.82, 2.24) is 6.15 Å². The fraction of sp³-hybridized carbons (Fsp3) is 0.0714. The van der Waals surface area contributed by atoms with E-state index >= 15 is 0 Å². The van der Waals surface area contributed by atoms with E-state index in [4.69, 9.17) is 4.79 Å². The highest BCUT2D eigenvalue weighted by Crippen LogP contribution is 1.92. The number of carbonyl (C=O) groups is 1. The van der Waals surface area contributed by atoms with E-state index in [9.17, 15) is 0 Å². The lowest BCUT2D eigenvalue weighted by molar-refractivity contribution is -0.0979. The summed E-state index contributed by atoms with van der Waals surface area (Å²) in [6, 6.07) is 22.3. The summed E-state index contributed by atoms with van der Waals surface area (Å²) in [5.74, 6) is 0. The minimum Gasteiger partial charge on any atom is -0.344 e. The van der Waals surface area contributed by atoms with Gasteiger partial charge in [-0.1, -0.05) is 72.3 Å². The molecule has 0 aliphatic carbocycles. The van der Waals surface area contributed by atoms with Gasteiger partial charge in [0.05, 0.1) is 0 Å². The molecule has 0 heterocycles. The lowest BCUT2D eigenvalue weighted by Crippen LogP contribution is -1.62. The van der Waals surface area contributed by atoms with Crippen molar-refractivity contribution in [3.05, 3.63) is 72.3 Å². The van der Waals surface area contributed by atoms with Crippen LogP contribution in [0.5, 0.6) is 0 Å². The molecule has 86 valence electrons. The molecule has 0 aliphatic rings. The largest absolute Gasteiger partial charge is 0.344 e. The first kappa shape index (κ1) is 16.5. The standard InChI is InChI=1S/C7H8.C6H6.CH2O.H3N/c1-7-5-3-2-4-6-7;1-2-4-6-5-3-1;1-2;/h2-6H,1H3;1-6H;1H2;1H3. The van der Waals surface area contributed by atoms with Crippen LogP contribution < -0.4 is 6.15 Å². The molecule has 0 amide bonds. The molecule has 0 radical (unpaired) electrons. The van der Waals surface area contributed by atoms with Crippen LogP contribution in [0.2, 0.25) is 0 Å². The monoisotopic (exact) mass is 217 g/mol. The predicted molar refractivity (Wildman–Crippen MR) is 69.8 cm³/mol. The van der Waals surface area contributed by atoms with Crippen molar-refractivity contribution in [1.29, 1.82) is 0 Å². The normalized spacial score (nSPS) is 7.06. The van der Waals surface area contributed by atoms with Crippen LogP contribution in [0.15, 0.2) is 66.7 Å². The van der Waals surface area contributed by atoms with Crippen molar-refractivity contribution >= 4 is 6.79 Å². The van der Waals surface area contributed by atoms with Crippen LogP contribution >= 0.6 is 0 Å². The number of hydrogen-bond acceptors (Lipinski definition) is 2. The molecular weight excluding hydrogens is 198 g/mol. The average Bonchev–Trinajstić information content (AvgIpc) is 2.36. The number of aryl methyl sites for hydroxylation is 1. The lowest BCUT2D eigenvalue weighted by Gasteiger charge is -1.82. The first-order valence-corrected chi connectivity index (χ1v) is 4.70. The molecule has 0 aromatic heterocycles. The first-order chi connectivity index (χ1) is 7.39. The maximum absolute atomic E-state index is 8.00. The number of hydrogen-bond donors (Lipinski definition) is 1. The van der Waals surface area contributed by atoms with Crippen LogP contribution in [-0.4, -0.2) is 6.79 Å². The van der Waals surface area contributed by atoms with Gasteiger partial charge >= 0.3 is 0 Å². The molecule has 2 nitrogen and oxygen atoms in total. The molecule has 2 heteroatoms. The second-order valence-electron chi connectivity index (χ2n) is 2.81. The fourth-order valence-corrected chi connectivity index (χ4v) is 0.919. The molecule has 2 aromatic rings. The van der Waals surface area contributed by atoms with Crippen LogP contribution in [0.3, 0.4) is 0 Å². The molecule has 0 aliphatic heterocycles. The Hall–Kier alpha value is -1.93. The molecule has 16 heavy (non-hydrogen) atoms. The highest BCUT2D eigenvalue weighted by molar-refractivity contribution is 5.11. The average molecular weight is 217 g/mol. The Bertz CT molecular complexity index is 294. The third kappa shape index (κ3) is 10.2. The van der Waals surface area contributed by atoms with Gasteiger partial charge < -0.3 is 10.9 Å². The Morgan fingerprint density at radius 1 is 0.688 bits per heavy atom. The molecule has 0 fully saturated rings. The number of rotatable bonds is 0. The molecule has 0 atom stereocenters. The quantitative estimate of drug-likeness (QED) is 0.732. The Labute approximate surface area is 97.5 Å². The van der Waals surface area contributed by atoms with Gasteiger partial charge in [-0.05, 0) is 6.92 Å². The molecule has 0 unspecified atom stereocenters. The highest BCUT2D eigenvalue weighted by Gasteiger charge is 1.72. The van der Waals surface area contributed by atoms with Gasteiger partial charge in [-0.2, -0.15) is 0 Å². The smallest absolute Gasteiger partial charge is 0.106 e. The molecule has 2 rings (SSSR count). The fourth-order valence-electron chi connectivity index (χ4n) is 0.919. The topological polar surface area (TPSA) is 52.1 Å². The third-order valence-corrected chi connectivity index (χ3v) is 1.61. The SMILES string of the molecule is C=O.Cc1ccccc1.N.c1ccccc1. The van der Waals surface area contributed by atoms with Crippen LogP contribution in [0.4, 0.5) is 0 Å². The second-order valence-corrected chi connectivity index (χ2v) is 2.81. The van der Waals surface area contributed by atoms with E-state index in [1.165, 1.54) is 5.56 Å². The van der Waals surface area contributed by atoms with Gasteiger partial charge in [0.15, 0.2) is 0 Å². The first-order valence-electron chi connectivity index (χ1n) is 4.70. The van der Waals surface area contributed by atoms with E-state index in [0.29, 0.717) is 0 Å². The van der Waals surface area contributed by atoms with E-state index in [-0.39, 0.29) is 6.15 Å². The van der Waals surface area contributed by atoms with E-state index in [0.717, 1.165) is 0 Å². The molecule has 2 aromatic carbocycles. The summed E-state index contributed by atoms with van der Waals surface area (Å²) in [4.78, 5) is 8.00. The van der Waals surface area contributed by atoms with E-state index in [1.807, 2.05) is 61.4 Å². The predicted octanol–water partition coefficient (Wildman–Crippen LogP) is 3.66. The van der Waals surface area contributed by atoms with Gasteiger partial charge in [0.25, 0.3) is 0 Å². The van der Waals surface area contributed by atoms with E-state index in [1.54, 1.807) is 0 Å². The Kier molecular flexibility index (Phi) is 13.5. The molecule has 0 saturated carbocycles. The third-order valence-electron chi connectivity index (χ3n) is 1.61. The Morgan fingerprint density at radius 2 is 0.938 bits per heavy atom. The van der Waals surface area contributed by atoms with Crippen molar-refractivity contribution in [2.45, 2.75) is 6.92 Å². The zero-order valence-corrected chi connectivity index (χ0v) is 9.67. The van der Waals surface area contributed by atoms with Gasteiger partial charge in [0, 0.05) is 0 Å². The summed E-state index contributed by atoms with van der Waals surface area (Å²) in [7, 11) is 0. The number of benzene rings is 2. The summed E-state index contributed by atoms with van der Waals surface area (Å²) >= 11 is 0. The molecule has 0 bridgehead atoms. The van der Waals surface area contributed by atoms with Crippen LogP contribution in [-0.2, 0) is 4.79 Å². The van der Waals surface area contributed by atoms with Gasteiger partial charge in [-0.15, -0.1) is 0 Å². The minimum atomic E-state index is 0. The summed E-state index contributed by atoms with van der Waals surface area (Å²) in [6.45, 7) is 4.08. The molecule has 3 N–H and O–H groups in total. The van der Waals surface area contributed by atoms with Crippen LogP contribution in [0, 0.1) is 6.92 Å². The van der Waals surface area contributed by atoms with Gasteiger partial charge in [-0.25, -0.2) is 0 Å². The summed E-state index contributed by atoms with van der Waals surface area (Å²) in [5, 5.41) is 0. The molecule has 0 spiro atoms. The zero-order valence-electron chi connectivity index (χ0n) is 9.67. The maximum Gasteiger partial charge on any atom is 0.106 e. The van der Waals surface area contributed by atoms with Gasteiger partial charge in [0.2, 0.25) is 0 Å². The maximum atomic E-state index is 8.00. The van der Waals surface area contributed by atoms with Crippen LogP contribution in [0.25, 0.3) is 0 Å². The minimum absolute atomic E-state index is 0. The summed E-state index contributed by atoms with van der Waals surface area (Å²) in [5.41, 5.74) is 1.32. The van der Waals surface area contributed by atoms with Crippen molar-refractivity contribution in [3.63, 3.8) is 0 Å². The van der Waals surface area contributed by atoms with Crippen molar-refractivity contribution < 1.29 is 4.79 Å². The zero-order chi connectivity index (χ0) is 11.4. The Balaban J connectivity index is 0. The van der Waals surface area contributed by atoms with Crippen molar-refractivity contribution in [3.8, 4) is 0 Å². The second kappa shape index (κ2) is 13.1. The van der Waals surface area contributed by atoms with Gasteiger partial charge in [-0.3, -0.25) is 0 Å². The Morgan fingerprint density at radius 3 is 1.12 bits per heavy atom. The lowest BCUT2D eigenvalue weighted by atomic mass is 10.2. The summed E-state index contributed by atoms with van der Waals surface area (Å²) < 4.78 is 0. The van der Waals surface area contributed by atoms with E-state index < -0.39 is 0 Å². The van der Waals surface area contributed by atoms with Crippen molar-refractivity contribution in [2.24, 2.45) is 0 Å².